The first-order valence-corrected chi connectivity index (χ1v) is 6.50. The zero-order valence-electron chi connectivity index (χ0n) is 11.2. The molecule has 3 nitrogen and oxygen atoms in total. The average molecular weight is 228 g/mol. The molecular formula is C13H28N2O. The molecule has 0 aromatic heterocycles. The van der Waals surface area contributed by atoms with Crippen LogP contribution in [0.15, 0.2) is 0 Å². The highest BCUT2D eigenvalue weighted by atomic mass is 16.3. The standard InChI is InChI=1S/C13H28N2O/c1-10(14)12(13(2,3)4)15(8-9-16)11-6-5-7-11/h10-12,16H,5-9,14H2,1-4H3. The normalized spacial score (nSPS) is 21.9. The number of rotatable bonds is 5. The molecule has 96 valence electrons. The molecule has 3 heteroatoms. The summed E-state index contributed by atoms with van der Waals surface area (Å²) >= 11 is 0. The Labute approximate surface area is 100 Å². The molecule has 0 aliphatic heterocycles. The van der Waals surface area contributed by atoms with Gasteiger partial charge >= 0.3 is 0 Å². The highest BCUT2D eigenvalue weighted by Gasteiger charge is 2.38. The molecule has 0 saturated heterocycles. The second-order valence-corrected chi connectivity index (χ2v) is 6.22. The lowest BCUT2D eigenvalue weighted by atomic mass is 9.79. The summed E-state index contributed by atoms with van der Waals surface area (Å²) in [5.74, 6) is 0. The lowest BCUT2D eigenvalue weighted by Crippen LogP contribution is -2.59. The van der Waals surface area contributed by atoms with Crippen LogP contribution in [-0.4, -0.2) is 41.3 Å². The van der Waals surface area contributed by atoms with E-state index in [0.29, 0.717) is 12.1 Å². The summed E-state index contributed by atoms with van der Waals surface area (Å²) in [6, 6.07) is 1.14. The highest BCUT2D eigenvalue weighted by Crippen LogP contribution is 2.33. The van der Waals surface area contributed by atoms with Crippen molar-refractivity contribution in [3.63, 3.8) is 0 Å². The Hall–Kier alpha value is -0.120. The SMILES string of the molecule is CC(N)C(N(CCO)C1CCC1)C(C)(C)C. The summed E-state index contributed by atoms with van der Waals surface area (Å²) in [7, 11) is 0. The fraction of sp³-hybridized carbons (Fsp3) is 1.00. The Kier molecular flexibility index (Phi) is 4.77. The van der Waals surface area contributed by atoms with E-state index in [4.69, 9.17) is 5.73 Å². The number of aliphatic hydroxyl groups is 1. The number of nitrogens with two attached hydrogens (primary N) is 1. The van der Waals surface area contributed by atoms with Crippen molar-refractivity contribution in [2.45, 2.75) is 65.1 Å². The van der Waals surface area contributed by atoms with Crippen molar-refractivity contribution < 1.29 is 5.11 Å². The molecule has 0 radical (unpaired) electrons. The van der Waals surface area contributed by atoms with E-state index < -0.39 is 0 Å². The zero-order valence-corrected chi connectivity index (χ0v) is 11.2. The minimum Gasteiger partial charge on any atom is -0.395 e. The molecule has 0 amide bonds. The van der Waals surface area contributed by atoms with Crippen LogP contribution in [0.4, 0.5) is 0 Å². The third kappa shape index (κ3) is 3.19. The van der Waals surface area contributed by atoms with Gasteiger partial charge in [-0.15, -0.1) is 0 Å². The fourth-order valence-electron chi connectivity index (χ4n) is 2.97. The van der Waals surface area contributed by atoms with Crippen LogP contribution in [0.1, 0.15) is 47.0 Å². The summed E-state index contributed by atoms with van der Waals surface area (Å²) in [5.41, 5.74) is 6.31. The van der Waals surface area contributed by atoms with Crippen molar-refractivity contribution in [2.24, 2.45) is 11.1 Å². The smallest absolute Gasteiger partial charge is 0.0558 e. The first-order valence-electron chi connectivity index (χ1n) is 6.50. The van der Waals surface area contributed by atoms with Crippen LogP contribution in [0.3, 0.4) is 0 Å². The lowest BCUT2D eigenvalue weighted by molar-refractivity contribution is 0.00222. The predicted octanol–water partition coefficient (Wildman–Crippen LogP) is 1.60. The van der Waals surface area contributed by atoms with Crippen LogP contribution in [0.5, 0.6) is 0 Å². The van der Waals surface area contributed by atoms with Crippen LogP contribution in [0.25, 0.3) is 0 Å². The lowest BCUT2D eigenvalue weighted by Gasteiger charge is -2.49. The second kappa shape index (κ2) is 5.48. The molecule has 1 saturated carbocycles. The third-order valence-corrected chi connectivity index (χ3v) is 3.64. The number of aliphatic hydroxyl groups excluding tert-OH is 1. The number of hydrogen-bond donors (Lipinski definition) is 2. The van der Waals surface area contributed by atoms with Gasteiger partial charge in [0.1, 0.15) is 0 Å². The first-order chi connectivity index (χ1) is 7.38. The van der Waals surface area contributed by atoms with Gasteiger partial charge in [0.25, 0.3) is 0 Å². The number of hydrogen-bond acceptors (Lipinski definition) is 3. The van der Waals surface area contributed by atoms with Gasteiger partial charge in [0, 0.05) is 24.7 Å². The van der Waals surface area contributed by atoms with Crippen molar-refractivity contribution >= 4 is 0 Å². The maximum absolute atomic E-state index is 9.22. The summed E-state index contributed by atoms with van der Waals surface area (Å²) in [6.07, 6.45) is 3.85. The zero-order chi connectivity index (χ0) is 12.3. The van der Waals surface area contributed by atoms with E-state index in [9.17, 15) is 5.11 Å². The molecule has 16 heavy (non-hydrogen) atoms. The topological polar surface area (TPSA) is 49.5 Å². The van der Waals surface area contributed by atoms with E-state index >= 15 is 0 Å². The van der Waals surface area contributed by atoms with Gasteiger partial charge in [-0.25, -0.2) is 0 Å². The van der Waals surface area contributed by atoms with Crippen LogP contribution in [-0.2, 0) is 0 Å². The van der Waals surface area contributed by atoms with Crippen LogP contribution >= 0.6 is 0 Å². The van der Waals surface area contributed by atoms with E-state index in [1.54, 1.807) is 0 Å². The minimum absolute atomic E-state index is 0.146. The summed E-state index contributed by atoms with van der Waals surface area (Å²) in [5, 5.41) is 9.22. The Morgan fingerprint density at radius 1 is 1.38 bits per heavy atom. The molecule has 2 unspecified atom stereocenters. The molecule has 3 N–H and O–H groups in total. The third-order valence-electron chi connectivity index (χ3n) is 3.64. The Morgan fingerprint density at radius 2 is 1.94 bits per heavy atom. The predicted molar refractivity (Wildman–Crippen MR) is 68.3 cm³/mol. The number of nitrogens with zero attached hydrogens (tertiary/aromatic N) is 1. The molecule has 0 bridgehead atoms. The monoisotopic (exact) mass is 228 g/mol. The molecule has 2 atom stereocenters. The molecule has 0 heterocycles. The Bertz CT molecular complexity index is 206. The Balaban J connectivity index is 2.78. The molecule has 0 aromatic rings. The van der Waals surface area contributed by atoms with Crippen molar-refractivity contribution in [3.05, 3.63) is 0 Å². The average Bonchev–Trinajstić information content (AvgIpc) is 1.96. The van der Waals surface area contributed by atoms with Gasteiger partial charge in [-0.05, 0) is 25.2 Å². The van der Waals surface area contributed by atoms with Gasteiger partial charge < -0.3 is 10.8 Å². The van der Waals surface area contributed by atoms with Gasteiger partial charge in [0.2, 0.25) is 0 Å². The highest BCUT2D eigenvalue weighted by molar-refractivity contribution is 4.94. The van der Waals surface area contributed by atoms with Crippen molar-refractivity contribution in [1.82, 2.24) is 4.90 Å². The van der Waals surface area contributed by atoms with E-state index in [0.717, 1.165) is 6.54 Å². The fourth-order valence-corrected chi connectivity index (χ4v) is 2.97. The van der Waals surface area contributed by atoms with E-state index in [-0.39, 0.29) is 18.1 Å². The minimum atomic E-state index is 0.146. The molecule has 1 rings (SSSR count). The van der Waals surface area contributed by atoms with Gasteiger partial charge in [-0.2, -0.15) is 0 Å². The first kappa shape index (κ1) is 13.9. The van der Waals surface area contributed by atoms with Gasteiger partial charge in [-0.1, -0.05) is 27.2 Å². The van der Waals surface area contributed by atoms with Gasteiger partial charge in [0.05, 0.1) is 6.61 Å². The molecule has 0 spiro atoms. The van der Waals surface area contributed by atoms with E-state index in [2.05, 4.69) is 32.6 Å². The van der Waals surface area contributed by atoms with Crippen molar-refractivity contribution in [1.29, 1.82) is 0 Å². The molecule has 1 aliphatic rings. The summed E-state index contributed by atoms with van der Waals surface area (Å²) in [6.45, 7) is 9.79. The summed E-state index contributed by atoms with van der Waals surface area (Å²) < 4.78 is 0. The largest absolute Gasteiger partial charge is 0.395 e. The maximum Gasteiger partial charge on any atom is 0.0558 e. The summed E-state index contributed by atoms with van der Waals surface area (Å²) in [4.78, 5) is 2.44. The van der Waals surface area contributed by atoms with Crippen LogP contribution < -0.4 is 5.73 Å². The van der Waals surface area contributed by atoms with E-state index in [1.807, 2.05) is 0 Å². The molecule has 1 fully saturated rings. The molecule has 1 aliphatic carbocycles. The quantitative estimate of drug-likeness (QED) is 0.751. The van der Waals surface area contributed by atoms with Crippen molar-refractivity contribution in [3.8, 4) is 0 Å². The van der Waals surface area contributed by atoms with Crippen molar-refractivity contribution in [2.75, 3.05) is 13.2 Å². The van der Waals surface area contributed by atoms with Gasteiger partial charge in [0.15, 0.2) is 0 Å². The van der Waals surface area contributed by atoms with Crippen LogP contribution in [0, 0.1) is 5.41 Å². The molecule has 0 aromatic carbocycles. The maximum atomic E-state index is 9.22. The van der Waals surface area contributed by atoms with Gasteiger partial charge in [-0.3, -0.25) is 4.90 Å². The second-order valence-electron chi connectivity index (χ2n) is 6.22. The Morgan fingerprint density at radius 3 is 2.19 bits per heavy atom. The molecular weight excluding hydrogens is 200 g/mol. The van der Waals surface area contributed by atoms with Crippen LogP contribution in [0.2, 0.25) is 0 Å². The van der Waals surface area contributed by atoms with E-state index in [1.165, 1.54) is 19.3 Å².